The third-order valence-corrected chi connectivity index (χ3v) is 4.00. The minimum absolute atomic E-state index is 0.00723. The van der Waals surface area contributed by atoms with E-state index >= 15 is 0 Å². The molecule has 2 rings (SSSR count). The highest BCUT2D eigenvalue weighted by atomic mass is 79.9. The summed E-state index contributed by atoms with van der Waals surface area (Å²) in [7, 11) is 0. The van der Waals surface area contributed by atoms with Gasteiger partial charge in [-0.3, -0.25) is 10.1 Å². The van der Waals surface area contributed by atoms with Crippen LogP contribution in [0.15, 0.2) is 16.7 Å². The Hall–Kier alpha value is -1.21. The summed E-state index contributed by atoms with van der Waals surface area (Å²) in [4.78, 5) is 14.6. The molecule has 0 unspecified atom stereocenters. The number of piperidine rings is 1. The summed E-state index contributed by atoms with van der Waals surface area (Å²) in [6.45, 7) is 2.86. The molecule has 0 saturated carbocycles. The van der Waals surface area contributed by atoms with Crippen molar-refractivity contribution in [1.29, 1.82) is 0 Å². The van der Waals surface area contributed by atoms with Gasteiger partial charge in [0.15, 0.2) is 0 Å². The molecule has 1 aliphatic heterocycles. The van der Waals surface area contributed by atoms with E-state index in [9.17, 15) is 10.1 Å². The molecule has 0 radical (unpaired) electrons. The topological polar surface area (TPSA) is 80.1 Å². The lowest BCUT2D eigenvalue weighted by Gasteiger charge is -2.22. The second kappa shape index (κ2) is 6.81. The minimum Gasteiger partial charge on any atom is -0.364 e. The second-order valence-corrected chi connectivity index (χ2v) is 5.51. The van der Waals surface area contributed by atoms with E-state index in [4.69, 9.17) is 0 Å². The van der Waals surface area contributed by atoms with Crippen LogP contribution < -0.4 is 10.6 Å². The van der Waals surface area contributed by atoms with Crippen LogP contribution in [0.4, 0.5) is 11.5 Å². The molecule has 1 fully saturated rings. The van der Waals surface area contributed by atoms with Gasteiger partial charge in [-0.1, -0.05) is 0 Å². The van der Waals surface area contributed by atoms with E-state index in [-0.39, 0.29) is 5.69 Å². The van der Waals surface area contributed by atoms with Crippen molar-refractivity contribution in [3.63, 3.8) is 0 Å². The van der Waals surface area contributed by atoms with Crippen molar-refractivity contribution in [3.05, 3.63) is 26.9 Å². The van der Waals surface area contributed by atoms with Crippen LogP contribution >= 0.6 is 15.9 Å². The molecule has 0 aliphatic carbocycles. The Morgan fingerprint density at radius 1 is 1.53 bits per heavy atom. The van der Waals surface area contributed by atoms with Crippen LogP contribution in [0.25, 0.3) is 0 Å². The van der Waals surface area contributed by atoms with Gasteiger partial charge in [-0.05, 0) is 60.3 Å². The van der Waals surface area contributed by atoms with Gasteiger partial charge in [0, 0.05) is 12.7 Å². The number of aromatic nitrogens is 1. The van der Waals surface area contributed by atoms with Gasteiger partial charge in [-0.2, -0.15) is 0 Å². The van der Waals surface area contributed by atoms with Crippen LogP contribution in [0.2, 0.25) is 0 Å². The zero-order valence-electron chi connectivity index (χ0n) is 10.6. The Morgan fingerprint density at radius 3 is 2.95 bits per heavy atom. The third-order valence-electron chi connectivity index (χ3n) is 3.36. The summed E-state index contributed by atoms with van der Waals surface area (Å²) < 4.78 is 0.455. The number of halogens is 1. The van der Waals surface area contributed by atoms with Crippen molar-refractivity contribution in [1.82, 2.24) is 10.3 Å². The van der Waals surface area contributed by atoms with Gasteiger partial charge in [0.25, 0.3) is 0 Å². The molecule has 2 N–H and O–H groups in total. The molecule has 7 heteroatoms. The molecule has 1 saturated heterocycles. The lowest BCUT2D eigenvalue weighted by atomic mass is 9.95. The van der Waals surface area contributed by atoms with Gasteiger partial charge in [0.05, 0.1) is 4.92 Å². The maximum atomic E-state index is 11.0. The normalized spacial score (nSPS) is 16.3. The van der Waals surface area contributed by atoms with E-state index in [0.29, 0.717) is 16.2 Å². The van der Waals surface area contributed by atoms with Crippen molar-refractivity contribution in [2.45, 2.75) is 19.3 Å². The van der Waals surface area contributed by atoms with Gasteiger partial charge in [0.2, 0.25) is 5.82 Å². The van der Waals surface area contributed by atoms with Gasteiger partial charge >= 0.3 is 5.69 Å². The predicted molar refractivity (Wildman–Crippen MR) is 77.3 cm³/mol. The first kappa shape index (κ1) is 14.2. The van der Waals surface area contributed by atoms with E-state index in [1.165, 1.54) is 12.8 Å². The number of nitrogens with one attached hydrogen (secondary N) is 2. The SMILES string of the molecule is O=[N+]([O-])c1c(Br)ccnc1NCCC1CCNCC1. The van der Waals surface area contributed by atoms with Crippen molar-refractivity contribution >= 4 is 27.4 Å². The number of rotatable bonds is 5. The lowest BCUT2D eigenvalue weighted by Crippen LogP contribution is -2.28. The van der Waals surface area contributed by atoms with Gasteiger partial charge < -0.3 is 10.6 Å². The number of pyridine rings is 1. The van der Waals surface area contributed by atoms with Crippen LogP contribution in [0.1, 0.15) is 19.3 Å². The zero-order valence-corrected chi connectivity index (χ0v) is 12.1. The number of hydrogen-bond acceptors (Lipinski definition) is 5. The van der Waals surface area contributed by atoms with Crippen LogP contribution in [0.3, 0.4) is 0 Å². The fourth-order valence-corrected chi connectivity index (χ4v) is 2.75. The maximum Gasteiger partial charge on any atom is 0.325 e. The maximum absolute atomic E-state index is 11.0. The number of anilines is 1. The summed E-state index contributed by atoms with van der Waals surface area (Å²) in [6.07, 6.45) is 4.93. The largest absolute Gasteiger partial charge is 0.364 e. The van der Waals surface area contributed by atoms with Crippen LogP contribution in [-0.4, -0.2) is 29.5 Å². The average molecular weight is 329 g/mol. The van der Waals surface area contributed by atoms with Crippen molar-refractivity contribution in [3.8, 4) is 0 Å². The molecule has 104 valence electrons. The molecule has 1 aromatic rings. The van der Waals surface area contributed by atoms with Crippen LogP contribution in [-0.2, 0) is 0 Å². The van der Waals surface area contributed by atoms with E-state index in [2.05, 4.69) is 31.5 Å². The molecule has 0 aromatic carbocycles. The molecular formula is C12H17BrN4O2. The molecule has 2 heterocycles. The van der Waals surface area contributed by atoms with E-state index < -0.39 is 4.92 Å². The van der Waals surface area contributed by atoms with E-state index in [1.54, 1.807) is 12.3 Å². The highest BCUT2D eigenvalue weighted by molar-refractivity contribution is 9.10. The molecule has 6 nitrogen and oxygen atoms in total. The van der Waals surface area contributed by atoms with E-state index in [0.717, 1.165) is 26.1 Å². The zero-order chi connectivity index (χ0) is 13.7. The fourth-order valence-electron chi connectivity index (χ4n) is 2.30. The summed E-state index contributed by atoms with van der Waals surface area (Å²) >= 11 is 3.19. The number of hydrogen-bond donors (Lipinski definition) is 2. The summed E-state index contributed by atoms with van der Waals surface area (Å²) in [5.41, 5.74) is 0.00723. The molecular weight excluding hydrogens is 312 g/mol. The molecule has 0 atom stereocenters. The number of nitrogens with zero attached hydrogens (tertiary/aromatic N) is 2. The van der Waals surface area contributed by atoms with Crippen molar-refractivity contribution in [2.24, 2.45) is 5.92 Å². The second-order valence-electron chi connectivity index (χ2n) is 4.66. The van der Waals surface area contributed by atoms with Crippen molar-refractivity contribution in [2.75, 3.05) is 25.0 Å². The lowest BCUT2D eigenvalue weighted by molar-refractivity contribution is -0.385. The Labute approximate surface area is 120 Å². The predicted octanol–water partition coefficient (Wildman–Crippen LogP) is 2.55. The fraction of sp³-hybridized carbons (Fsp3) is 0.583. The van der Waals surface area contributed by atoms with Crippen molar-refractivity contribution < 1.29 is 4.92 Å². The molecule has 0 spiro atoms. The summed E-state index contributed by atoms with van der Waals surface area (Å²) in [6, 6.07) is 1.58. The smallest absolute Gasteiger partial charge is 0.325 e. The number of nitro groups is 1. The molecule has 1 aliphatic rings. The Kier molecular flexibility index (Phi) is 5.09. The first-order valence-electron chi connectivity index (χ1n) is 6.42. The quantitative estimate of drug-likeness (QED) is 0.641. The summed E-state index contributed by atoms with van der Waals surface area (Å²) in [5, 5.41) is 17.4. The Balaban J connectivity index is 1.92. The molecule has 0 bridgehead atoms. The first-order chi connectivity index (χ1) is 9.18. The van der Waals surface area contributed by atoms with Crippen LogP contribution in [0, 0.1) is 16.0 Å². The summed E-state index contributed by atoms with van der Waals surface area (Å²) in [5.74, 6) is 1.04. The van der Waals surface area contributed by atoms with Gasteiger partial charge in [-0.25, -0.2) is 4.98 Å². The Bertz CT molecular complexity index is 449. The molecule has 1 aromatic heterocycles. The molecule has 0 amide bonds. The van der Waals surface area contributed by atoms with Crippen LogP contribution in [0.5, 0.6) is 0 Å². The minimum atomic E-state index is -0.413. The molecule has 19 heavy (non-hydrogen) atoms. The monoisotopic (exact) mass is 328 g/mol. The third kappa shape index (κ3) is 3.87. The van der Waals surface area contributed by atoms with E-state index in [1.807, 2.05) is 0 Å². The highest BCUT2D eigenvalue weighted by Gasteiger charge is 2.20. The van der Waals surface area contributed by atoms with Gasteiger partial charge in [0.1, 0.15) is 4.47 Å². The highest BCUT2D eigenvalue weighted by Crippen LogP contribution is 2.30. The van der Waals surface area contributed by atoms with Gasteiger partial charge in [-0.15, -0.1) is 0 Å². The Morgan fingerprint density at radius 2 is 2.26 bits per heavy atom. The first-order valence-corrected chi connectivity index (χ1v) is 7.21. The standard InChI is InChI=1S/C12H17BrN4O2/c13-10-4-8-16-12(11(10)17(18)19)15-7-3-9-1-5-14-6-2-9/h4,8-9,14H,1-3,5-7H2,(H,15,16). The average Bonchev–Trinajstić information content (AvgIpc) is 2.39.